The van der Waals surface area contributed by atoms with Crippen LogP contribution in [-0.4, -0.2) is 112 Å². The number of aliphatic hydroxyl groups is 2. The van der Waals surface area contributed by atoms with Crippen molar-refractivity contribution in [2.45, 2.75) is 208 Å². The molecule has 0 radical (unpaired) electrons. The first-order valence-corrected chi connectivity index (χ1v) is 23.2. The van der Waals surface area contributed by atoms with Gasteiger partial charge in [-0.25, -0.2) is 4.79 Å². The molecule has 0 aromatic carbocycles. The van der Waals surface area contributed by atoms with Crippen LogP contribution < -0.4 is 5.32 Å². The van der Waals surface area contributed by atoms with Gasteiger partial charge < -0.3 is 53.8 Å². The van der Waals surface area contributed by atoms with Gasteiger partial charge in [-0.05, 0) is 80.7 Å². The molecule has 4 N–H and O–H groups in total. The highest BCUT2D eigenvalue weighted by atomic mass is 16.8. The highest BCUT2D eigenvalue weighted by Gasteiger charge is 2.62. The zero-order chi connectivity index (χ0) is 41.5. The predicted molar refractivity (Wildman–Crippen MR) is 218 cm³/mol. The molecule has 20 atom stereocenters. The van der Waals surface area contributed by atoms with Crippen molar-refractivity contribution in [1.29, 1.82) is 0 Å². The molecule has 0 aromatic heterocycles. The third-order valence-corrected chi connectivity index (χ3v) is 16.3. The number of rotatable bonds is 9. The molecule has 8 heterocycles. The largest absolute Gasteiger partial charge is 0.479 e. The average molecular weight is 826 g/mol. The summed E-state index contributed by atoms with van der Waals surface area (Å²) in [5.74, 6) is -1.10. The molecule has 7 saturated heterocycles. The first-order valence-electron chi connectivity index (χ1n) is 23.2. The van der Waals surface area contributed by atoms with Crippen molar-refractivity contribution in [3.05, 3.63) is 36.5 Å². The SMILES string of the molecule is C=C(C[C@]12C[C@@H](C)C[C@@H](O1)[C@@H]1C[C@]3(C[C@H]1O2)NC[C@H](C)C[C@@H]3C)[C@H]1OC([C@@H](O)C2C[C@H]3O[C@@]4(CC[C@]5(CC=C[C@@H](/C=C/C[C@H](O)C(=O)O)O5)O4)[C@H](C)C[C@H]3O2)CC[C@@H]1C. The Bertz CT molecular complexity index is 1640. The Kier molecular flexibility index (Phi) is 11.6. The highest BCUT2D eigenvalue weighted by molar-refractivity contribution is 5.72. The third kappa shape index (κ3) is 8.08. The normalized spacial score (nSPS) is 51.6. The Morgan fingerprint density at radius 2 is 1.68 bits per heavy atom. The van der Waals surface area contributed by atoms with Gasteiger partial charge >= 0.3 is 5.97 Å². The average Bonchev–Trinajstić information content (AvgIpc) is 3.87. The lowest BCUT2D eigenvalue weighted by Crippen LogP contribution is -2.57. The second kappa shape index (κ2) is 16.1. The second-order valence-corrected chi connectivity index (χ2v) is 20.9. The van der Waals surface area contributed by atoms with Crippen molar-refractivity contribution < 1.29 is 53.3 Å². The van der Waals surface area contributed by atoms with Gasteiger partial charge in [0, 0.05) is 62.3 Å². The molecule has 9 rings (SSSR count). The van der Waals surface area contributed by atoms with E-state index in [9.17, 15) is 15.0 Å². The van der Waals surface area contributed by atoms with Crippen LogP contribution in [0.2, 0.25) is 0 Å². The summed E-state index contributed by atoms with van der Waals surface area (Å²) in [6.07, 6.45) is 14.5. The number of ether oxygens (including phenoxy) is 7. The van der Waals surface area contributed by atoms with Crippen molar-refractivity contribution in [2.24, 2.45) is 35.5 Å². The van der Waals surface area contributed by atoms with Gasteiger partial charge in [0.25, 0.3) is 0 Å². The lowest BCUT2D eigenvalue weighted by atomic mass is 9.74. The van der Waals surface area contributed by atoms with E-state index in [1.165, 1.54) is 6.42 Å². The molecule has 2 bridgehead atoms. The fourth-order valence-corrected chi connectivity index (χ4v) is 13.1. The minimum atomic E-state index is -1.45. The van der Waals surface area contributed by atoms with Crippen LogP contribution in [0.15, 0.2) is 36.5 Å². The lowest BCUT2D eigenvalue weighted by molar-refractivity contribution is -0.365. The molecular formula is C47H71NO11. The number of aliphatic hydroxyl groups excluding tert-OH is 2. The van der Waals surface area contributed by atoms with E-state index in [0.29, 0.717) is 55.8 Å². The van der Waals surface area contributed by atoms with E-state index in [-0.39, 0.29) is 60.4 Å². The van der Waals surface area contributed by atoms with Gasteiger partial charge in [-0.15, -0.1) is 0 Å². The zero-order valence-electron chi connectivity index (χ0n) is 36.0. The molecule has 12 nitrogen and oxygen atoms in total. The summed E-state index contributed by atoms with van der Waals surface area (Å²) >= 11 is 0. The van der Waals surface area contributed by atoms with E-state index < -0.39 is 47.7 Å². The van der Waals surface area contributed by atoms with E-state index in [2.05, 4.69) is 46.5 Å². The fourth-order valence-electron chi connectivity index (χ4n) is 13.1. The summed E-state index contributed by atoms with van der Waals surface area (Å²) in [5.41, 5.74) is 1.13. The fraction of sp³-hybridized carbons (Fsp3) is 0.851. The van der Waals surface area contributed by atoms with Crippen LogP contribution in [0.3, 0.4) is 0 Å². The molecule has 330 valence electrons. The van der Waals surface area contributed by atoms with Gasteiger partial charge in [-0.3, -0.25) is 0 Å². The first kappa shape index (κ1) is 42.6. The third-order valence-electron chi connectivity index (χ3n) is 16.3. The number of carboxylic acids is 1. The van der Waals surface area contributed by atoms with Crippen molar-refractivity contribution in [2.75, 3.05) is 6.54 Å². The number of hydrogen-bond acceptors (Lipinski definition) is 11. The zero-order valence-corrected chi connectivity index (χ0v) is 36.0. The molecule has 1 aliphatic carbocycles. The number of piperidine rings is 1. The van der Waals surface area contributed by atoms with E-state index in [1.807, 2.05) is 12.2 Å². The molecule has 9 aliphatic rings. The van der Waals surface area contributed by atoms with Gasteiger partial charge in [-0.1, -0.05) is 65.5 Å². The standard InChI is InChI=1S/C47H71NO11/c1-26-18-36-33-23-44(30(5)17-27(2)25-48-44)24-40(33)57-46(21-26,56-36)22-29(4)42-28(3)12-13-35(54-42)41(50)39-20-38-37(53-39)19-31(6)47(58-38)16-15-45(59-47)14-8-10-32(55-45)9-7-11-34(49)43(51)52/h7-10,26-28,30-42,48-50H,4,11-25H2,1-3,5-6H3,(H,51,52)/b9-7+/t26-,27+,28-,30-,31+,32+,33-,34-,35?,36+,37+,38+,39?,40+,41+,42-,44+,45-,46+,47+/m0/s1. The summed E-state index contributed by atoms with van der Waals surface area (Å²) in [4.78, 5) is 11.0. The van der Waals surface area contributed by atoms with Gasteiger partial charge in [0.05, 0.1) is 48.8 Å². The maximum atomic E-state index is 11.9. The quantitative estimate of drug-likeness (QED) is 0.192. The smallest absolute Gasteiger partial charge is 0.332 e. The summed E-state index contributed by atoms with van der Waals surface area (Å²) in [7, 11) is 0. The Labute approximate surface area is 350 Å². The van der Waals surface area contributed by atoms with E-state index in [1.54, 1.807) is 12.2 Å². The number of fused-ring (bicyclic) bond motifs is 5. The number of aliphatic carboxylic acids is 1. The molecule has 0 amide bonds. The predicted octanol–water partition coefficient (Wildman–Crippen LogP) is 6.32. The molecule has 2 unspecified atom stereocenters. The van der Waals surface area contributed by atoms with Crippen LogP contribution >= 0.6 is 0 Å². The number of carboxylic acid groups (broad SMARTS) is 1. The highest BCUT2D eigenvalue weighted by Crippen LogP contribution is 2.57. The minimum Gasteiger partial charge on any atom is -0.479 e. The second-order valence-electron chi connectivity index (χ2n) is 20.9. The lowest BCUT2D eigenvalue weighted by Gasteiger charge is -2.53. The number of hydrogen-bond donors (Lipinski definition) is 4. The maximum absolute atomic E-state index is 11.9. The van der Waals surface area contributed by atoms with Crippen LogP contribution in [0.25, 0.3) is 0 Å². The topological polar surface area (TPSA) is 154 Å². The minimum absolute atomic E-state index is 0.000224. The summed E-state index contributed by atoms with van der Waals surface area (Å²) in [6, 6.07) is 0. The van der Waals surface area contributed by atoms with Crippen LogP contribution in [0, 0.1) is 35.5 Å². The van der Waals surface area contributed by atoms with E-state index in [0.717, 1.165) is 57.1 Å². The first-order chi connectivity index (χ1) is 28.1. The van der Waals surface area contributed by atoms with E-state index >= 15 is 0 Å². The van der Waals surface area contributed by atoms with Gasteiger partial charge in [0.1, 0.15) is 6.10 Å². The molecule has 3 spiro atoms. The molecule has 0 aromatic rings. The molecule has 8 aliphatic heterocycles. The number of carbonyl (C=O) groups is 1. The molecule has 1 saturated carbocycles. The van der Waals surface area contributed by atoms with E-state index in [4.69, 9.17) is 38.3 Å². The van der Waals surface area contributed by atoms with Gasteiger partial charge in [-0.2, -0.15) is 0 Å². The van der Waals surface area contributed by atoms with Crippen LogP contribution in [0.1, 0.15) is 125 Å². The Hall–Kier alpha value is -1.71. The molecule has 8 fully saturated rings. The Balaban J connectivity index is 0.812. The molecule has 12 heteroatoms. The van der Waals surface area contributed by atoms with Crippen molar-refractivity contribution >= 4 is 5.97 Å². The summed E-state index contributed by atoms with van der Waals surface area (Å²) in [6.45, 7) is 17.2. The van der Waals surface area contributed by atoms with Gasteiger partial charge in [0.15, 0.2) is 23.5 Å². The monoisotopic (exact) mass is 826 g/mol. The van der Waals surface area contributed by atoms with Crippen LogP contribution in [-0.2, 0) is 38.0 Å². The summed E-state index contributed by atoms with van der Waals surface area (Å²) < 4.78 is 47.7. The van der Waals surface area contributed by atoms with Crippen molar-refractivity contribution in [3.8, 4) is 0 Å². The van der Waals surface area contributed by atoms with Crippen molar-refractivity contribution in [3.63, 3.8) is 0 Å². The molecular weight excluding hydrogens is 755 g/mol. The van der Waals surface area contributed by atoms with Crippen LogP contribution in [0.5, 0.6) is 0 Å². The molecule has 59 heavy (non-hydrogen) atoms. The van der Waals surface area contributed by atoms with Crippen molar-refractivity contribution in [1.82, 2.24) is 5.32 Å². The Morgan fingerprint density at radius 3 is 2.47 bits per heavy atom. The summed E-state index contributed by atoms with van der Waals surface area (Å²) in [5, 5.41) is 34.6. The van der Waals surface area contributed by atoms with Gasteiger partial charge in [0.2, 0.25) is 0 Å². The Morgan fingerprint density at radius 1 is 0.864 bits per heavy atom. The number of nitrogens with one attached hydrogen (secondary N) is 1. The maximum Gasteiger partial charge on any atom is 0.332 e. The van der Waals surface area contributed by atoms with Crippen LogP contribution in [0.4, 0.5) is 0 Å².